The summed E-state index contributed by atoms with van der Waals surface area (Å²) in [5.41, 5.74) is 7.08. The Kier molecular flexibility index (Phi) is 3.23. The van der Waals surface area contributed by atoms with Gasteiger partial charge in [0.1, 0.15) is 0 Å². The van der Waals surface area contributed by atoms with E-state index in [0.29, 0.717) is 6.54 Å². The van der Waals surface area contributed by atoms with Gasteiger partial charge in [0.25, 0.3) is 0 Å². The van der Waals surface area contributed by atoms with Crippen LogP contribution in [0.3, 0.4) is 0 Å². The first-order valence-corrected chi connectivity index (χ1v) is 5.86. The summed E-state index contributed by atoms with van der Waals surface area (Å²) in [4.78, 5) is 26.6. The minimum Gasteiger partial charge on any atom is -0.378 e. The van der Waals surface area contributed by atoms with E-state index in [4.69, 9.17) is 5.73 Å². The molecule has 96 valence electrons. The highest BCUT2D eigenvalue weighted by molar-refractivity contribution is 6.00. The molecule has 1 atom stereocenters. The number of nitrogens with zero attached hydrogens (tertiary/aromatic N) is 2. The average Bonchev–Trinajstić information content (AvgIpc) is 2.72. The Morgan fingerprint density at radius 2 is 2.17 bits per heavy atom. The maximum atomic E-state index is 11.9. The van der Waals surface area contributed by atoms with E-state index in [-0.39, 0.29) is 18.2 Å². The summed E-state index contributed by atoms with van der Waals surface area (Å²) in [5, 5.41) is 0. The average molecular weight is 247 g/mol. The molecule has 0 saturated carbocycles. The van der Waals surface area contributed by atoms with Crippen molar-refractivity contribution in [2.24, 2.45) is 11.7 Å². The van der Waals surface area contributed by atoms with Gasteiger partial charge in [-0.15, -0.1) is 0 Å². The number of carbonyl (C=O) groups excluding carboxylic acids is 2. The van der Waals surface area contributed by atoms with Crippen LogP contribution in [0.1, 0.15) is 6.42 Å². The highest BCUT2D eigenvalue weighted by atomic mass is 16.2. The van der Waals surface area contributed by atoms with E-state index >= 15 is 0 Å². The minimum atomic E-state index is -0.408. The molecule has 0 aliphatic carbocycles. The van der Waals surface area contributed by atoms with E-state index in [1.807, 2.05) is 43.3 Å². The SMILES string of the molecule is CN(C)c1cccc(N2CC(C(N)=O)CC2=O)c1. The molecule has 1 aliphatic heterocycles. The van der Waals surface area contributed by atoms with Gasteiger partial charge in [-0.2, -0.15) is 0 Å². The molecule has 1 aromatic carbocycles. The van der Waals surface area contributed by atoms with Gasteiger partial charge in [0, 0.05) is 38.4 Å². The van der Waals surface area contributed by atoms with E-state index in [0.717, 1.165) is 11.4 Å². The van der Waals surface area contributed by atoms with Crippen molar-refractivity contribution in [3.8, 4) is 0 Å². The largest absolute Gasteiger partial charge is 0.378 e. The highest BCUT2D eigenvalue weighted by Gasteiger charge is 2.33. The minimum absolute atomic E-state index is 0.0466. The van der Waals surface area contributed by atoms with Crippen LogP contribution in [0.5, 0.6) is 0 Å². The maximum Gasteiger partial charge on any atom is 0.227 e. The van der Waals surface area contributed by atoms with Gasteiger partial charge in [-0.1, -0.05) is 6.07 Å². The number of benzene rings is 1. The summed E-state index contributed by atoms with van der Waals surface area (Å²) in [7, 11) is 3.88. The van der Waals surface area contributed by atoms with Crippen molar-refractivity contribution in [3.63, 3.8) is 0 Å². The summed E-state index contributed by atoms with van der Waals surface area (Å²) in [6, 6.07) is 7.67. The van der Waals surface area contributed by atoms with E-state index in [2.05, 4.69) is 0 Å². The Bertz CT molecular complexity index is 485. The Labute approximate surface area is 106 Å². The van der Waals surface area contributed by atoms with Gasteiger partial charge in [0.2, 0.25) is 11.8 Å². The van der Waals surface area contributed by atoms with Crippen LogP contribution in [0.25, 0.3) is 0 Å². The zero-order chi connectivity index (χ0) is 13.3. The van der Waals surface area contributed by atoms with E-state index < -0.39 is 5.91 Å². The second-order valence-electron chi connectivity index (χ2n) is 4.72. The number of nitrogens with two attached hydrogens (primary N) is 1. The lowest BCUT2D eigenvalue weighted by molar-refractivity contribution is -0.123. The molecule has 0 spiro atoms. The first-order chi connectivity index (χ1) is 8.49. The van der Waals surface area contributed by atoms with E-state index in [1.165, 1.54) is 0 Å². The van der Waals surface area contributed by atoms with Crippen LogP contribution in [-0.2, 0) is 9.59 Å². The molecule has 2 N–H and O–H groups in total. The quantitative estimate of drug-likeness (QED) is 0.850. The van der Waals surface area contributed by atoms with Crippen LogP contribution in [0.15, 0.2) is 24.3 Å². The Hall–Kier alpha value is -2.04. The van der Waals surface area contributed by atoms with Crippen molar-refractivity contribution in [1.29, 1.82) is 0 Å². The van der Waals surface area contributed by atoms with Crippen molar-refractivity contribution >= 4 is 23.2 Å². The molecule has 0 bridgehead atoms. The van der Waals surface area contributed by atoms with Gasteiger partial charge in [-0.05, 0) is 18.2 Å². The number of hydrogen-bond acceptors (Lipinski definition) is 3. The number of hydrogen-bond donors (Lipinski definition) is 1. The summed E-state index contributed by atoms with van der Waals surface area (Å²) in [6.45, 7) is 0.380. The zero-order valence-electron chi connectivity index (χ0n) is 10.6. The smallest absolute Gasteiger partial charge is 0.227 e. The van der Waals surface area contributed by atoms with Gasteiger partial charge >= 0.3 is 0 Å². The molecule has 0 radical (unpaired) electrons. The molecule has 18 heavy (non-hydrogen) atoms. The van der Waals surface area contributed by atoms with Crippen LogP contribution in [0.4, 0.5) is 11.4 Å². The van der Waals surface area contributed by atoms with E-state index in [1.54, 1.807) is 4.90 Å². The van der Waals surface area contributed by atoms with E-state index in [9.17, 15) is 9.59 Å². The molecule has 1 fully saturated rings. The molecule has 1 heterocycles. The van der Waals surface area contributed by atoms with Gasteiger partial charge in [-0.25, -0.2) is 0 Å². The standard InChI is InChI=1S/C13H17N3O2/c1-15(2)10-4-3-5-11(7-10)16-8-9(13(14)18)6-12(16)17/h3-5,7,9H,6,8H2,1-2H3,(H2,14,18). The summed E-state index contributed by atoms with van der Waals surface area (Å²) in [5.74, 6) is -0.829. The van der Waals surface area contributed by atoms with Gasteiger partial charge in [-0.3, -0.25) is 9.59 Å². The lowest BCUT2D eigenvalue weighted by Crippen LogP contribution is -2.28. The van der Waals surface area contributed by atoms with Gasteiger partial charge < -0.3 is 15.5 Å². The first kappa shape index (κ1) is 12.4. The molecular weight excluding hydrogens is 230 g/mol. The number of rotatable bonds is 3. The molecular formula is C13H17N3O2. The maximum absolute atomic E-state index is 11.9. The topological polar surface area (TPSA) is 66.6 Å². The summed E-state index contributed by atoms with van der Waals surface area (Å²) >= 11 is 0. The Morgan fingerprint density at radius 1 is 1.44 bits per heavy atom. The molecule has 1 aromatic rings. The van der Waals surface area contributed by atoms with Crippen LogP contribution >= 0.6 is 0 Å². The van der Waals surface area contributed by atoms with Crippen LogP contribution in [0, 0.1) is 5.92 Å². The Morgan fingerprint density at radius 3 is 2.72 bits per heavy atom. The molecule has 2 amide bonds. The lowest BCUT2D eigenvalue weighted by Gasteiger charge is -2.19. The Balaban J connectivity index is 2.24. The molecule has 2 rings (SSSR count). The number of amides is 2. The molecule has 5 nitrogen and oxygen atoms in total. The lowest BCUT2D eigenvalue weighted by atomic mass is 10.1. The number of primary amides is 1. The predicted octanol–water partition coefficient (Wildman–Crippen LogP) is 0.591. The predicted molar refractivity (Wildman–Crippen MR) is 70.4 cm³/mol. The van der Waals surface area contributed by atoms with Crippen LogP contribution in [0.2, 0.25) is 0 Å². The first-order valence-electron chi connectivity index (χ1n) is 5.86. The van der Waals surface area contributed by atoms with Crippen LogP contribution < -0.4 is 15.5 Å². The second-order valence-corrected chi connectivity index (χ2v) is 4.72. The fraction of sp³-hybridized carbons (Fsp3) is 0.385. The van der Waals surface area contributed by atoms with Crippen molar-refractivity contribution in [1.82, 2.24) is 0 Å². The molecule has 5 heteroatoms. The fourth-order valence-corrected chi connectivity index (χ4v) is 2.09. The molecule has 0 aromatic heterocycles. The van der Waals surface area contributed by atoms with Crippen molar-refractivity contribution in [2.75, 3.05) is 30.4 Å². The van der Waals surface area contributed by atoms with Crippen molar-refractivity contribution in [2.45, 2.75) is 6.42 Å². The molecule has 1 saturated heterocycles. The highest BCUT2D eigenvalue weighted by Crippen LogP contribution is 2.27. The van der Waals surface area contributed by atoms with Crippen molar-refractivity contribution < 1.29 is 9.59 Å². The zero-order valence-corrected chi connectivity index (χ0v) is 10.6. The molecule has 1 aliphatic rings. The third-order valence-corrected chi connectivity index (χ3v) is 3.19. The third kappa shape index (κ3) is 2.30. The number of anilines is 2. The van der Waals surface area contributed by atoms with Crippen LogP contribution in [-0.4, -0.2) is 32.5 Å². The number of carbonyl (C=O) groups is 2. The third-order valence-electron chi connectivity index (χ3n) is 3.19. The van der Waals surface area contributed by atoms with Gasteiger partial charge in [0.05, 0.1) is 5.92 Å². The fourth-order valence-electron chi connectivity index (χ4n) is 2.09. The second kappa shape index (κ2) is 4.68. The summed E-state index contributed by atoms with van der Waals surface area (Å²) in [6.07, 6.45) is 0.210. The molecule has 1 unspecified atom stereocenters. The summed E-state index contributed by atoms with van der Waals surface area (Å²) < 4.78 is 0. The monoisotopic (exact) mass is 247 g/mol. The van der Waals surface area contributed by atoms with Gasteiger partial charge in [0.15, 0.2) is 0 Å². The van der Waals surface area contributed by atoms with Crippen molar-refractivity contribution in [3.05, 3.63) is 24.3 Å². The normalized spacial score (nSPS) is 19.1.